The molecule has 2 aromatic carbocycles. The fourth-order valence-corrected chi connectivity index (χ4v) is 2.82. The van der Waals surface area contributed by atoms with Gasteiger partial charge in [0, 0.05) is 0 Å². The van der Waals surface area contributed by atoms with Gasteiger partial charge in [-0.3, -0.25) is 4.79 Å². The molecule has 1 atom stereocenters. The number of rotatable bonds is 9. The molecule has 0 aliphatic carbocycles. The van der Waals surface area contributed by atoms with Gasteiger partial charge in [-0.1, -0.05) is 38.1 Å². The van der Waals surface area contributed by atoms with Crippen LogP contribution in [0.4, 0.5) is 0 Å². The van der Waals surface area contributed by atoms with Gasteiger partial charge in [0.1, 0.15) is 24.7 Å². The van der Waals surface area contributed by atoms with E-state index in [1.165, 1.54) is 24.3 Å². The number of carbonyl (C=O) groups excluding carboxylic acids is 2. The average molecular weight is 402 g/mol. The molecule has 2 aromatic rings. The summed E-state index contributed by atoms with van der Waals surface area (Å²) in [5, 5.41) is 29.4. The van der Waals surface area contributed by atoms with Crippen LogP contribution in [0.2, 0.25) is 0 Å². The van der Waals surface area contributed by atoms with Gasteiger partial charge in [0.25, 0.3) is 0 Å². The Bertz CT molecular complexity index is 812. The summed E-state index contributed by atoms with van der Waals surface area (Å²) in [6.07, 6.45) is -0.493. The van der Waals surface area contributed by atoms with Crippen LogP contribution in [0.3, 0.4) is 0 Å². The lowest BCUT2D eigenvalue weighted by atomic mass is 9.89. The molecule has 29 heavy (non-hydrogen) atoms. The smallest absolute Gasteiger partial charge is 0.339 e. The highest BCUT2D eigenvalue weighted by molar-refractivity contribution is 5.85. The topological polar surface area (TPSA) is 113 Å². The molecule has 0 aliphatic heterocycles. The second kappa shape index (κ2) is 9.93. The van der Waals surface area contributed by atoms with Crippen LogP contribution in [0.25, 0.3) is 0 Å². The van der Waals surface area contributed by atoms with Crippen LogP contribution in [0, 0.1) is 5.92 Å². The quantitative estimate of drug-likeness (QED) is 0.553. The van der Waals surface area contributed by atoms with Crippen molar-refractivity contribution in [3.05, 3.63) is 59.7 Å². The lowest BCUT2D eigenvalue weighted by Gasteiger charge is -2.26. The van der Waals surface area contributed by atoms with Crippen molar-refractivity contribution >= 4 is 11.9 Å². The van der Waals surface area contributed by atoms with Gasteiger partial charge in [0.15, 0.2) is 5.60 Å². The van der Waals surface area contributed by atoms with Gasteiger partial charge in [0.2, 0.25) is 0 Å². The van der Waals surface area contributed by atoms with E-state index >= 15 is 0 Å². The summed E-state index contributed by atoms with van der Waals surface area (Å²) in [5.74, 6) is -1.51. The van der Waals surface area contributed by atoms with Gasteiger partial charge in [-0.05, 0) is 47.7 Å². The van der Waals surface area contributed by atoms with Gasteiger partial charge in [-0.15, -0.1) is 0 Å². The summed E-state index contributed by atoms with van der Waals surface area (Å²) in [6.45, 7) is 3.50. The minimum atomic E-state index is -2.00. The van der Waals surface area contributed by atoms with E-state index in [2.05, 4.69) is 0 Å². The van der Waals surface area contributed by atoms with Crippen molar-refractivity contribution in [1.29, 1.82) is 0 Å². The Hall–Kier alpha value is -3.06. The zero-order chi connectivity index (χ0) is 21.4. The summed E-state index contributed by atoms with van der Waals surface area (Å²) in [4.78, 5) is 24.8. The van der Waals surface area contributed by atoms with Gasteiger partial charge in [0.05, 0.1) is 6.42 Å². The number of aromatic hydroxyl groups is 2. The first-order chi connectivity index (χ1) is 13.7. The number of phenolic OH excluding ortho intramolecular Hbond substituents is 2. The molecule has 156 valence electrons. The Balaban J connectivity index is 1.97. The van der Waals surface area contributed by atoms with Gasteiger partial charge >= 0.3 is 11.9 Å². The highest BCUT2D eigenvalue weighted by Gasteiger charge is 2.41. The molecule has 0 heterocycles. The number of benzene rings is 2. The van der Waals surface area contributed by atoms with Gasteiger partial charge in [-0.2, -0.15) is 0 Å². The summed E-state index contributed by atoms with van der Waals surface area (Å²) < 4.78 is 10.4. The number of carbonyl (C=O) groups is 2. The van der Waals surface area contributed by atoms with Crippen LogP contribution in [-0.2, 0) is 32.3 Å². The van der Waals surface area contributed by atoms with E-state index < -0.39 is 24.0 Å². The van der Waals surface area contributed by atoms with E-state index in [1.807, 2.05) is 13.8 Å². The van der Waals surface area contributed by atoms with Crippen molar-refractivity contribution in [3.8, 4) is 11.5 Å². The molecular formula is C22H26O7. The van der Waals surface area contributed by atoms with Crippen molar-refractivity contribution in [2.24, 2.45) is 5.92 Å². The highest BCUT2D eigenvalue weighted by atomic mass is 16.6. The number of hydrogen-bond acceptors (Lipinski definition) is 7. The second-order valence-electron chi connectivity index (χ2n) is 7.38. The Morgan fingerprint density at radius 2 is 1.31 bits per heavy atom. The Morgan fingerprint density at radius 1 is 0.862 bits per heavy atom. The highest BCUT2D eigenvalue weighted by Crippen LogP contribution is 2.24. The van der Waals surface area contributed by atoms with Gasteiger partial charge in [-0.25, -0.2) is 4.79 Å². The molecule has 0 aromatic heterocycles. The Kier molecular flexibility index (Phi) is 7.61. The minimum Gasteiger partial charge on any atom is -0.508 e. The molecule has 7 heteroatoms. The van der Waals surface area contributed by atoms with E-state index in [0.717, 1.165) is 0 Å². The monoisotopic (exact) mass is 402 g/mol. The van der Waals surface area contributed by atoms with E-state index in [0.29, 0.717) is 11.1 Å². The van der Waals surface area contributed by atoms with Crippen LogP contribution in [0.5, 0.6) is 11.5 Å². The van der Waals surface area contributed by atoms with Crippen LogP contribution in [-0.4, -0.2) is 32.9 Å². The summed E-state index contributed by atoms with van der Waals surface area (Å²) in [6, 6.07) is 12.3. The molecule has 3 N–H and O–H groups in total. The molecule has 0 bridgehead atoms. The summed E-state index contributed by atoms with van der Waals surface area (Å²) >= 11 is 0. The lowest BCUT2D eigenvalue weighted by Crippen LogP contribution is -2.43. The summed E-state index contributed by atoms with van der Waals surface area (Å²) in [5.41, 5.74) is -0.701. The van der Waals surface area contributed by atoms with Crippen LogP contribution in [0.15, 0.2) is 48.5 Å². The van der Waals surface area contributed by atoms with Crippen LogP contribution >= 0.6 is 0 Å². The average Bonchev–Trinajstić information content (AvgIpc) is 2.66. The molecule has 0 amide bonds. The third kappa shape index (κ3) is 7.12. The Labute approximate surface area is 169 Å². The first-order valence-corrected chi connectivity index (χ1v) is 9.29. The lowest BCUT2D eigenvalue weighted by molar-refractivity contribution is -0.175. The molecule has 7 nitrogen and oxygen atoms in total. The fourth-order valence-electron chi connectivity index (χ4n) is 2.82. The molecule has 0 aliphatic rings. The van der Waals surface area contributed by atoms with Crippen molar-refractivity contribution in [1.82, 2.24) is 0 Å². The summed E-state index contributed by atoms with van der Waals surface area (Å²) in [7, 11) is 0. The maximum absolute atomic E-state index is 12.5. The molecule has 2 rings (SSSR count). The zero-order valence-electron chi connectivity index (χ0n) is 16.5. The van der Waals surface area contributed by atoms with E-state index in [4.69, 9.17) is 9.47 Å². The first-order valence-electron chi connectivity index (χ1n) is 9.29. The predicted molar refractivity (Wildman–Crippen MR) is 105 cm³/mol. The van der Waals surface area contributed by atoms with E-state index in [1.54, 1.807) is 24.3 Å². The standard InChI is InChI=1S/C22H26O7/c1-15(2)11-22(27,21(26)29-14-17-5-9-19(24)10-6-17)12-20(25)28-13-16-3-7-18(23)8-4-16/h3-10,15,23-24,27H,11-14H2,1-2H3/t22-/m1/s1. The number of ether oxygens (including phenoxy) is 2. The first kappa shape index (κ1) is 22.2. The third-order valence-electron chi connectivity index (χ3n) is 4.21. The van der Waals surface area contributed by atoms with Crippen LogP contribution < -0.4 is 0 Å². The Morgan fingerprint density at radius 3 is 1.76 bits per heavy atom. The minimum absolute atomic E-state index is 0.0374. The third-order valence-corrected chi connectivity index (χ3v) is 4.21. The normalized spacial score (nSPS) is 13.0. The number of phenols is 2. The van der Waals surface area contributed by atoms with E-state index in [9.17, 15) is 24.9 Å². The van der Waals surface area contributed by atoms with Crippen molar-refractivity contribution in [2.75, 3.05) is 0 Å². The molecule has 0 fully saturated rings. The maximum Gasteiger partial charge on any atom is 0.339 e. The van der Waals surface area contributed by atoms with Crippen molar-refractivity contribution < 1.29 is 34.4 Å². The number of hydrogen-bond donors (Lipinski definition) is 3. The SMILES string of the molecule is CC(C)C[C@@](O)(CC(=O)OCc1ccc(O)cc1)C(=O)OCc1ccc(O)cc1. The molecular weight excluding hydrogens is 376 g/mol. The molecule has 0 spiro atoms. The van der Waals surface area contributed by atoms with Crippen molar-refractivity contribution in [2.45, 2.75) is 45.5 Å². The van der Waals surface area contributed by atoms with Gasteiger partial charge < -0.3 is 24.8 Å². The molecule has 0 unspecified atom stereocenters. The number of esters is 2. The molecule has 0 saturated heterocycles. The second-order valence-corrected chi connectivity index (χ2v) is 7.38. The predicted octanol–water partition coefficient (Wildman–Crippen LogP) is 3.05. The maximum atomic E-state index is 12.5. The molecule has 0 saturated carbocycles. The molecule has 0 radical (unpaired) electrons. The van der Waals surface area contributed by atoms with Crippen LogP contribution in [0.1, 0.15) is 37.8 Å². The van der Waals surface area contributed by atoms with Crippen molar-refractivity contribution in [3.63, 3.8) is 0 Å². The largest absolute Gasteiger partial charge is 0.508 e. The number of aliphatic hydroxyl groups is 1. The fraction of sp³-hybridized carbons (Fsp3) is 0.364. The van der Waals surface area contributed by atoms with E-state index in [-0.39, 0.29) is 37.1 Å². The zero-order valence-corrected chi connectivity index (χ0v) is 16.5.